The van der Waals surface area contributed by atoms with E-state index in [-0.39, 0.29) is 30.0 Å². The number of aliphatic hydroxyl groups is 1. The molecule has 0 heterocycles. The maximum absolute atomic E-state index is 11.5. The van der Waals surface area contributed by atoms with E-state index in [2.05, 4.69) is 5.32 Å². The van der Waals surface area contributed by atoms with E-state index in [0.717, 1.165) is 0 Å². The molecule has 1 amide bonds. The number of carbonyl (C=O) groups is 1. The van der Waals surface area contributed by atoms with Crippen LogP contribution in [0.2, 0.25) is 0 Å². The van der Waals surface area contributed by atoms with Crippen LogP contribution in [0.4, 0.5) is 0 Å². The van der Waals surface area contributed by atoms with Gasteiger partial charge in [-0.3, -0.25) is 4.79 Å². The Morgan fingerprint density at radius 3 is 2.33 bits per heavy atom. The molecule has 15 heavy (non-hydrogen) atoms. The predicted molar refractivity (Wildman–Crippen MR) is 61.4 cm³/mol. The highest BCUT2D eigenvalue weighted by molar-refractivity contribution is 5.76. The van der Waals surface area contributed by atoms with Gasteiger partial charge in [0.2, 0.25) is 5.91 Å². The molecule has 0 aliphatic heterocycles. The second kappa shape index (κ2) is 6.08. The van der Waals surface area contributed by atoms with Crippen LogP contribution in [0.5, 0.6) is 0 Å². The van der Waals surface area contributed by atoms with Crippen molar-refractivity contribution in [1.82, 2.24) is 5.32 Å². The Labute approximate surface area is 92.2 Å². The molecular formula is C11H24N2O2. The minimum atomic E-state index is -0.125. The SMILES string of the molecule is CC(N)CC(=O)NC(CCO)C(C)(C)C. The Bertz CT molecular complexity index is 197. The Morgan fingerprint density at radius 2 is 2.00 bits per heavy atom. The minimum Gasteiger partial charge on any atom is -0.396 e. The molecule has 0 aromatic carbocycles. The van der Waals surface area contributed by atoms with Crippen molar-refractivity contribution >= 4 is 5.91 Å². The monoisotopic (exact) mass is 216 g/mol. The molecule has 0 rings (SSSR count). The fraction of sp³-hybridized carbons (Fsp3) is 0.909. The average Bonchev–Trinajstić information content (AvgIpc) is 2.00. The lowest BCUT2D eigenvalue weighted by Crippen LogP contribution is -2.45. The third kappa shape index (κ3) is 6.47. The Hall–Kier alpha value is -0.610. The van der Waals surface area contributed by atoms with Crippen molar-refractivity contribution in [1.29, 1.82) is 0 Å². The van der Waals surface area contributed by atoms with Crippen LogP contribution in [-0.4, -0.2) is 29.7 Å². The van der Waals surface area contributed by atoms with Crippen molar-refractivity contribution in [3.8, 4) is 0 Å². The third-order valence-corrected chi connectivity index (χ3v) is 2.31. The smallest absolute Gasteiger partial charge is 0.221 e. The third-order valence-electron chi connectivity index (χ3n) is 2.31. The van der Waals surface area contributed by atoms with E-state index in [4.69, 9.17) is 10.8 Å². The first-order valence-corrected chi connectivity index (χ1v) is 5.43. The van der Waals surface area contributed by atoms with Gasteiger partial charge in [-0.1, -0.05) is 20.8 Å². The summed E-state index contributed by atoms with van der Waals surface area (Å²) in [4.78, 5) is 11.5. The summed E-state index contributed by atoms with van der Waals surface area (Å²) in [6.45, 7) is 8.01. The summed E-state index contributed by atoms with van der Waals surface area (Å²) in [5.74, 6) is -0.0432. The molecule has 0 bridgehead atoms. The maximum atomic E-state index is 11.5. The van der Waals surface area contributed by atoms with Gasteiger partial charge in [-0.25, -0.2) is 0 Å². The Morgan fingerprint density at radius 1 is 1.47 bits per heavy atom. The van der Waals surface area contributed by atoms with Crippen LogP contribution in [-0.2, 0) is 4.79 Å². The summed E-state index contributed by atoms with van der Waals surface area (Å²) in [6.07, 6.45) is 0.909. The molecule has 0 aliphatic carbocycles. The van der Waals surface area contributed by atoms with Crippen LogP contribution in [0.3, 0.4) is 0 Å². The number of hydrogen-bond donors (Lipinski definition) is 3. The summed E-state index contributed by atoms with van der Waals surface area (Å²) in [7, 11) is 0. The van der Waals surface area contributed by atoms with Crippen LogP contribution in [0.15, 0.2) is 0 Å². The minimum absolute atomic E-state index is 0.00579. The first kappa shape index (κ1) is 14.4. The molecule has 0 saturated carbocycles. The number of nitrogens with one attached hydrogen (secondary N) is 1. The highest BCUT2D eigenvalue weighted by atomic mass is 16.3. The molecule has 4 nitrogen and oxygen atoms in total. The van der Waals surface area contributed by atoms with Gasteiger partial charge in [0.15, 0.2) is 0 Å². The largest absolute Gasteiger partial charge is 0.396 e. The van der Waals surface area contributed by atoms with Crippen LogP contribution in [0.1, 0.15) is 40.5 Å². The zero-order chi connectivity index (χ0) is 12.1. The molecule has 2 atom stereocenters. The van der Waals surface area contributed by atoms with E-state index in [1.807, 2.05) is 20.8 Å². The molecule has 0 aromatic rings. The number of carbonyl (C=O) groups excluding carboxylic acids is 1. The topological polar surface area (TPSA) is 75.4 Å². The van der Waals surface area contributed by atoms with Crippen molar-refractivity contribution in [2.45, 2.75) is 52.6 Å². The molecule has 0 fully saturated rings. The van der Waals surface area contributed by atoms with E-state index in [0.29, 0.717) is 12.8 Å². The number of hydrogen-bond acceptors (Lipinski definition) is 3. The second-order valence-corrected chi connectivity index (χ2v) is 5.18. The Balaban J connectivity index is 4.23. The highest BCUT2D eigenvalue weighted by Crippen LogP contribution is 2.21. The molecule has 90 valence electrons. The quantitative estimate of drug-likeness (QED) is 0.631. The molecule has 0 radical (unpaired) electrons. The van der Waals surface area contributed by atoms with Gasteiger partial charge in [0.1, 0.15) is 0 Å². The van der Waals surface area contributed by atoms with Crippen LogP contribution in [0, 0.1) is 5.41 Å². The standard InChI is InChI=1S/C11H24N2O2/c1-8(12)7-10(15)13-9(5-6-14)11(2,3)4/h8-9,14H,5-7,12H2,1-4H3,(H,13,15). The summed E-state index contributed by atoms with van der Waals surface area (Å²) >= 11 is 0. The summed E-state index contributed by atoms with van der Waals surface area (Å²) in [5, 5.41) is 11.8. The van der Waals surface area contributed by atoms with Crippen molar-refractivity contribution in [2.75, 3.05) is 6.61 Å². The highest BCUT2D eigenvalue weighted by Gasteiger charge is 2.25. The first-order valence-electron chi connectivity index (χ1n) is 5.43. The lowest BCUT2D eigenvalue weighted by atomic mass is 9.85. The zero-order valence-corrected chi connectivity index (χ0v) is 10.2. The van der Waals surface area contributed by atoms with Gasteiger partial charge in [0.25, 0.3) is 0 Å². The normalized spacial score (nSPS) is 15.9. The Kier molecular flexibility index (Phi) is 5.83. The zero-order valence-electron chi connectivity index (χ0n) is 10.2. The predicted octanol–water partition coefficient (Wildman–Crippen LogP) is 0.637. The molecular weight excluding hydrogens is 192 g/mol. The van der Waals surface area contributed by atoms with Gasteiger partial charge in [-0.2, -0.15) is 0 Å². The molecule has 0 saturated heterocycles. The number of rotatable bonds is 5. The van der Waals surface area contributed by atoms with Crippen LogP contribution in [0.25, 0.3) is 0 Å². The number of amides is 1. The lowest BCUT2D eigenvalue weighted by Gasteiger charge is -2.31. The first-order chi connectivity index (χ1) is 6.77. The van der Waals surface area contributed by atoms with Crippen molar-refractivity contribution < 1.29 is 9.90 Å². The van der Waals surface area contributed by atoms with E-state index in [1.54, 1.807) is 6.92 Å². The van der Waals surface area contributed by atoms with Gasteiger partial charge in [0, 0.05) is 25.1 Å². The summed E-state index contributed by atoms with van der Waals surface area (Å²) in [5.41, 5.74) is 5.50. The molecule has 0 spiro atoms. The van der Waals surface area contributed by atoms with Crippen molar-refractivity contribution in [3.63, 3.8) is 0 Å². The van der Waals surface area contributed by atoms with Crippen LogP contribution >= 0.6 is 0 Å². The molecule has 0 aromatic heterocycles. The van der Waals surface area contributed by atoms with Crippen LogP contribution < -0.4 is 11.1 Å². The van der Waals surface area contributed by atoms with Gasteiger partial charge < -0.3 is 16.2 Å². The number of nitrogens with two attached hydrogens (primary N) is 1. The van der Waals surface area contributed by atoms with E-state index in [1.165, 1.54) is 0 Å². The fourth-order valence-electron chi connectivity index (χ4n) is 1.40. The second-order valence-electron chi connectivity index (χ2n) is 5.18. The fourth-order valence-corrected chi connectivity index (χ4v) is 1.40. The molecule has 2 unspecified atom stereocenters. The average molecular weight is 216 g/mol. The van der Waals surface area contributed by atoms with E-state index < -0.39 is 0 Å². The van der Waals surface area contributed by atoms with Gasteiger partial charge in [0.05, 0.1) is 0 Å². The maximum Gasteiger partial charge on any atom is 0.221 e. The molecule has 4 heteroatoms. The molecule has 4 N–H and O–H groups in total. The van der Waals surface area contributed by atoms with Crippen molar-refractivity contribution in [2.24, 2.45) is 11.1 Å². The van der Waals surface area contributed by atoms with Crippen molar-refractivity contribution in [3.05, 3.63) is 0 Å². The lowest BCUT2D eigenvalue weighted by molar-refractivity contribution is -0.122. The summed E-state index contributed by atoms with van der Waals surface area (Å²) in [6, 6.07) is -0.131. The van der Waals surface area contributed by atoms with Gasteiger partial charge in [-0.05, 0) is 18.8 Å². The number of aliphatic hydroxyl groups excluding tert-OH is 1. The van der Waals surface area contributed by atoms with Gasteiger partial charge >= 0.3 is 0 Å². The van der Waals surface area contributed by atoms with Gasteiger partial charge in [-0.15, -0.1) is 0 Å². The summed E-state index contributed by atoms with van der Waals surface area (Å²) < 4.78 is 0. The molecule has 0 aliphatic rings. The van der Waals surface area contributed by atoms with E-state index >= 15 is 0 Å². The van der Waals surface area contributed by atoms with E-state index in [9.17, 15) is 4.79 Å².